The summed E-state index contributed by atoms with van der Waals surface area (Å²) < 4.78 is 0. The lowest BCUT2D eigenvalue weighted by atomic mass is 10.0. The Balaban J connectivity index is 1.97. The molecule has 27 heavy (non-hydrogen) atoms. The quantitative estimate of drug-likeness (QED) is 0.541. The normalized spacial score (nSPS) is 10.5. The molecule has 1 N–H and O–H groups in total. The maximum atomic E-state index is 13.0. The van der Waals surface area contributed by atoms with E-state index in [1.54, 1.807) is 42.5 Å². The van der Waals surface area contributed by atoms with Gasteiger partial charge in [-0.25, -0.2) is 0 Å². The average Bonchev–Trinajstić information content (AvgIpc) is 2.65. The number of anilines is 1. The predicted octanol–water partition coefficient (Wildman–Crippen LogP) is 6.09. The molecule has 3 aromatic rings. The van der Waals surface area contributed by atoms with Crippen molar-refractivity contribution in [2.75, 3.05) is 5.32 Å². The first-order valence-corrected chi connectivity index (χ1v) is 9.10. The van der Waals surface area contributed by atoms with Crippen molar-refractivity contribution in [2.24, 2.45) is 0 Å². The van der Waals surface area contributed by atoms with Crippen LogP contribution < -0.4 is 5.32 Å². The molecule has 3 nitrogen and oxygen atoms in total. The van der Waals surface area contributed by atoms with E-state index in [4.69, 9.17) is 23.2 Å². The van der Waals surface area contributed by atoms with Crippen molar-refractivity contribution in [3.05, 3.63) is 98.5 Å². The van der Waals surface area contributed by atoms with Gasteiger partial charge >= 0.3 is 0 Å². The number of carbonyl (C=O) groups is 2. The van der Waals surface area contributed by atoms with Crippen LogP contribution in [0.15, 0.2) is 60.7 Å². The largest absolute Gasteiger partial charge is 0.321 e. The van der Waals surface area contributed by atoms with Crippen LogP contribution in [0.2, 0.25) is 10.0 Å². The molecule has 0 aliphatic rings. The molecule has 0 aliphatic carbocycles. The van der Waals surface area contributed by atoms with E-state index in [0.29, 0.717) is 26.9 Å². The highest BCUT2D eigenvalue weighted by Crippen LogP contribution is 2.27. The van der Waals surface area contributed by atoms with Gasteiger partial charge in [0.1, 0.15) is 0 Å². The standard InChI is InChI=1S/C22H17Cl2NO2/c1-13-7-8-15(11-14(13)2)22(27)25-20-10-9-16(23)12-18(20)21(26)17-5-3-4-6-19(17)24/h3-12H,1-2H3,(H,25,27). The Morgan fingerprint density at radius 3 is 2.26 bits per heavy atom. The number of benzene rings is 3. The first-order chi connectivity index (χ1) is 12.9. The zero-order chi connectivity index (χ0) is 19.6. The summed E-state index contributed by atoms with van der Waals surface area (Å²) in [7, 11) is 0. The number of amides is 1. The first-order valence-electron chi connectivity index (χ1n) is 8.34. The van der Waals surface area contributed by atoms with Gasteiger partial charge in [-0.1, -0.05) is 41.4 Å². The summed E-state index contributed by atoms with van der Waals surface area (Å²) in [5.41, 5.74) is 3.66. The van der Waals surface area contributed by atoms with Gasteiger partial charge in [0.05, 0.1) is 10.7 Å². The molecule has 1 amide bonds. The van der Waals surface area contributed by atoms with Crippen LogP contribution in [0.3, 0.4) is 0 Å². The summed E-state index contributed by atoms with van der Waals surface area (Å²) in [5.74, 6) is -0.605. The lowest BCUT2D eigenvalue weighted by Crippen LogP contribution is -2.15. The Labute approximate surface area is 167 Å². The van der Waals surface area contributed by atoms with Crippen molar-refractivity contribution < 1.29 is 9.59 Å². The van der Waals surface area contributed by atoms with E-state index < -0.39 is 0 Å². The fourth-order valence-corrected chi connectivity index (χ4v) is 3.07. The van der Waals surface area contributed by atoms with Crippen LogP contribution in [0.5, 0.6) is 0 Å². The Kier molecular flexibility index (Phi) is 5.64. The second-order valence-electron chi connectivity index (χ2n) is 6.25. The van der Waals surface area contributed by atoms with Gasteiger partial charge in [-0.05, 0) is 67.4 Å². The molecule has 0 saturated heterocycles. The minimum absolute atomic E-state index is 0.285. The third-order valence-electron chi connectivity index (χ3n) is 4.36. The molecule has 0 bridgehead atoms. The Hall–Kier alpha value is -2.62. The lowest BCUT2D eigenvalue weighted by molar-refractivity contribution is 0.102. The molecule has 0 unspecified atom stereocenters. The van der Waals surface area contributed by atoms with E-state index in [0.717, 1.165) is 11.1 Å². The number of nitrogens with one attached hydrogen (secondary N) is 1. The Morgan fingerprint density at radius 1 is 0.815 bits per heavy atom. The Bertz CT molecular complexity index is 1040. The number of halogens is 2. The minimum Gasteiger partial charge on any atom is -0.321 e. The lowest BCUT2D eigenvalue weighted by Gasteiger charge is -2.12. The number of aryl methyl sites for hydroxylation is 2. The molecule has 0 saturated carbocycles. The maximum absolute atomic E-state index is 13.0. The van der Waals surface area contributed by atoms with E-state index in [2.05, 4.69) is 5.32 Å². The second kappa shape index (κ2) is 7.95. The van der Waals surface area contributed by atoms with Gasteiger partial charge in [0.25, 0.3) is 5.91 Å². The zero-order valence-electron chi connectivity index (χ0n) is 14.8. The van der Waals surface area contributed by atoms with Crippen molar-refractivity contribution >= 4 is 40.6 Å². The van der Waals surface area contributed by atoms with Crippen LogP contribution in [0.1, 0.15) is 37.4 Å². The van der Waals surface area contributed by atoms with Crippen LogP contribution in [0.4, 0.5) is 5.69 Å². The molecule has 0 fully saturated rings. The molecule has 0 atom stereocenters. The topological polar surface area (TPSA) is 46.2 Å². The Morgan fingerprint density at radius 2 is 1.56 bits per heavy atom. The molecular weight excluding hydrogens is 381 g/mol. The van der Waals surface area contributed by atoms with Crippen molar-refractivity contribution in [1.82, 2.24) is 0 Å². The zero-order valence-corrected chi connectivity index (χ0v) is 16.4. The van der Waals surface area contributed by atoms with E-state index in [9.17, 15) is 9.59 Å². The van der Waals surface area contributed by atoms with E-state index in [1.807, 2.05) is 26.0 Å². The fourth-order valence-electron chi connectivity index (χ4n) is 2.68. The highest BCUT2D eigenvalue weighted by Gasteiger charge is 2.18. The van der Waals surface area contributed by atoms with Crippen molar-refractivity contribution in [3.63, 3.8) is 0 Å². The summed E-state index contributed by atoms with van der Waals surface area (Å²) in [4.78, 5) is 25.6. The molecule has 3 aromatic carbocycles. The highest BCUT2D eigenvalue weighted by atomic mass is 35.5. The number of hydrogen-bond acceptors (Lipinski definition) is 2. The van der Waals surface area contributed by atoms with Crippen molar-refractivity contribution in [2.45, 2.75) is 13.8 Å². The second-order valence-corrected chi connectivity index (χ2v) is 7.10. The van der Waals surface area contributed by atoms with Gasteiger partial charge in [-0.2, -0.15) is 0 Å². The number of ketones is 1. The van der Waals surface area contributed by atoms with Crippen molar-refractivity contribution in [3.8, 4) is 0 Å². The molecular formula is C22H17Cl2NO2. The SMILES string of the molecule is Cc1ccc(C(=O)Nc2ccc(Cl)cc2C(=O)c2ccccc2Cl)cc1C. The number of rotatable bonds is 4. The molecule has 0 heterocycles. The van der Waals surface area contributed by atoms with Crippen LogP contribution in [0, 0.1) is 13.8 Å². The van der Waals surface area contributed by atoms with Crippen LogP contribution >= 0.6 is 23.2 Å². The third-order valence-corrected chi connectivity index (χ3v) is 4.93. The van der Waals surface area contributed by atoms with Gasteiger partial charge < -0.3 is 5.32 Å². The maximum Gasteiger partial charge on any atom is 0.255 e. The van der Waals surface area contributed by atoms with Gasteiger partial charge in [0.15, 0.2) is 5.78 Å². The average molecular weight is 398 g/mol. The molecule has 0 aliphatic heterocycles. The smallest absolute Gasteiger partial charge is 0.255 e. The summed E-state index contributed by atoms with van der Waals surface area (Å²) in [5, 5.41) is 3.55. The summed E-state index contributed by atoms with van der Waals surface area (Å²) in [6.07, 6.45) is 0. The third kappa shape index (κ3) is 4.21. The van der Waals surface area contributed by atoms with Gasteiger partial charge in [-0.3, -0.25) is 9.59 Å². The first kappa shape index (κ1) is 19.2. The van der Waals surface area contributed by atoms with E-state index >= 15 is 0 Å². The minimum atomic E-state index is -0.307. The van der Waals surface area contributed by atoms with Crippen LogP contribution in [-0.2, 0) is 0 Å². The molecule has 5 heteroatoms. The molecule has 0 aromatic heterocycles. The van der Waals surface area contributed by atoms with Gasteiger partial charge in [-0.15, -0.1) is 0 Å². The molecule has 0 radical (unpaired) electrons. The fraction of sp³-hybridized carbons (Fsp3) is 0.0909. The number of carbonyl (C=O) groups excluding carboxylic acids is 2. The highest BCUT2D eigenvalue weighted by molar-refractivity contribution is 6.36. The monoisotopic (exact) mass is 397 g/mol. The summed E-state index contributed by atoms with van der Waals surface area (Å²) >= 11 is 12.2. The molecule has 0 spiro atoms. The summed E-state index contributed by atoms with van der Waals surface area (Å²) in [6, 6.07) is 17.0. The van der Waals surface area contributed by atoms with E-state index in [1.165, 1.54) is 6.07 Å². The summed E-state index contributed by atoms with van der Waals surface area (Å²) in [6.45, 7) is 3.93. The molecule has 136 valence electrons. The molecule has 3 rings (SSSR count). The van der Waals surface area contributed by atoms with Gasteiger partial charge in [0, 0.05) is 21.7 Å². The predicted molar refractivity (Wildman–Crippen MR) is 110 cm³/mol. The van der Waals surface area contributed by atoms with Crippen LogP contribution in [-0.4, -0.2) is 11.7 Å². The van der Waals surface area contributed by atoms with Crippen LogP contribution in [0.25, 0.3) is 0 Å². The number of hydrogen-bond donors (Lipinski definition) is 1. The van der Waals surface area contributed by atoms with Crippen molar-refractivity contribution in [1.29, 1.82) is 0 Å². The van der Waals surface area contributed by atoms with E-state index in [-0.39, 0.29) is 17.3 Å². The van der Waals surface area contributed by atoms with Gasteiger partial charge in [0.2, 0.25) is 0 Å².